The molecule has 1 saturated heterocycles. The van der Waals surface area contributed by atoms with Crippen molar-refractivity contribution in [2.45, 2.75) is 32.9 Å². The minimum absolute atomic E-state index is 0.0378. The molecule has 2 aromatic heterocycles. The molecule has 0 aliphatic carbocycles. The molecule has 0 radical (unpaired) electrons. The van der Waals surface area contributed by atoms with Crippen molar-refractivity contribution < 1.29 is 0 Å². The van der Waals surface area contributed by atoms with Crippen LogP contribution < -0.4 is 10.2 Å². The van der Waals surface area contributed by atoms with Crippen LogP contribution in [0.2, 0.25) is 0 Å². The number of benzene rings is 3. The Kier molecular flexibility index (Phi) is 5.57. The Hall–Kier alpha value is -3.96. The summed E-state index contributed by atoms with van der Waals surface area (Å²) in [7, 11) is 0. The second-order valence-electron chi connectivity index (χ2n) is 9.50. The van der Waals surface area contributed by atoms with Gasteiger partial charge in [-0.15, -0.1) is 0 Å². The molecule has 1 fully saturated rings. The standard InChI is InChI=1S/C31H28N4S/c1-20-10-8-13-24(18-20)35-30(29(33-31(35)36)27-15-6-7-17-32-27)26-19-21(2)34(22(26)3)28-16-9-12-23-11-4-5-14-25(23)28/h4-19,29-30H,1-3H3,(H,33,36)/t29-,30-/m0/s1. The summed E-state index contributed by atoms with van der Waals surface area (Å²) in [5.74, 6) is 0. The SMILES string of the molecule is Cc1cccc(N2C(=S)N[C@@H](c3ccccn3)[C@@H]2c2cc(C)n(-c3cccc4ccccc34)c2C)c1. The van der Waals surface area contributed by atoms with Crippen LogP contribution in [-0.2, 0) is 0 Å². The summed E-state index contributed by atoms with van der Waals surface area (Å²) in [4.78, 5) is 6.98. The summed E-state index contributed by atoms with van der Waals surface area (Å²) in [5.41, 5.74) is 8.11. The first kappa shape index (κ1) is 22.5. The van der Waals surface area contributed by atoms with Crippen molar-refractivity contribution in [2.24, 2.45) is 0 Å². The van der Waals surface area contributed by atoms with Crippen LogP contribution in [0.5, 0.6) is 0 Å². The maximum absolute atomic E-state index is 5.94. The van der Waals surface area contributed by atoms with Gasteiger partial charge >= 0.3 is 0 Å². The van der Waals surface area contributed by atoms with Crippen LogP contribution >= 0.6 is 12.2 Å². The molecule has 1 N–H and O–H groups in total. The van der Waals surface area contributed by atoms with Gasteiger partial charge in [0.25, 0.3) is 0 Å². The van der Waals surface area contributed by atoms with E-state index in [9.17, 15) is 0 Å². The Labute approximate surface area is 217 Å². The van der Waals surface area contributed by atoms with Crippen LogP contribution in [0.1, 0.15) is 40.3 Å². The number of nitrogens with zero attached hydrogens (tertiary/aromatic N) is 3. The Morgan fingerprint density at radius 1 is 0.833 bits per heavy atom. The maximum atomic E-state index is 5.94. The fraction of sp³-hybridized carbons (Fsp3) is 0.161. The second-order valence-corrected chi connectivity index (χ2v) is 9.88. The smallest absolute Gasteiger partial charge is 0.174 e. The van der Waals surface area contributed by atoms with Crippen molar-refractivity contribution in [3.05, 3.63) is 125 Å². The van der Waals surface area contributed by atoms with Gasteiger partial charge in [-0.25, -0.2) is 0 Å². The third-order valence-corrected chi connectivity index (χ3v) is 7.49. The molecule has 5 heteroatoms. The number of aryl methyl sites for hydroxylation is 2. The summed E-state index contributed by atoms with van der Waals surface area (Å²) in [6.07, 6.45) is 1.85. The maximum Gasteiger partial charge on any atom is 0.174 e. The van der Waals surface area contributed by atoms with Crippen LogP contribution in [0.4, 0.5) is 5.69 Å². The molecular formula is C31H28N4S. The van der Waals surface area contributed by atoms with Crippen LogP contribution in [0.25, 0.3) is 16.5 Å². The molecule has 5 aromatic rings. The average Bonchev–Trinajstić information content (AvgIpc) is 3.39. The monoisotopic (exact) mass is 488 g/mol. The molecule has 1 aliphatic rings. The fourth-order valence-corrected chi connectivity index (χ4v) is 5.93. The van der Waals surface area contributed by atoms with Gasteiger partial charge in [-0.3, -0.25) is 4.98 Å². The lowest BCUT2D eigenvalue weighted by molar-refractivity contribution is 0.565. The molecule has 0 saturated carbocycles. The molecule has 0 bridgehead atoms. The first-order valence-corrected chi connectivity index (χ1v) is 12.7. The highest BCUT2D eigenvalue weighted by molar-refractivity contribution is 7.80. The van der Waals surface area contributed by atoms with Gasteiger partial charge in [0, 0.05) is 28.7 Å². The molecule has 6 rings (SSSR count). The zero-order valence-electron chi connectivity index (χ0n) is 20.6. The third-order valence-electron chi connectivity index (χ3n) is 7.17. The molecule has 36 heavy (non-hydrogen) atoms. The molecule has 3 heterocycles. The van der Waals surface area contributed by atoms with E-state index >= 15 is 0 Å². The first-order valence-electron chi connectivity index (χ1n) is 12.3. The molecule has 0 amide bonds. The minimum Gasteiger partial charge on any atom is -0.351 e. The van der Waals surface area contributed by atoms with Crippen molar-refractivity contribution in [1.29, 1.82) is 0 Å². The number of rotatable bonds is 4. The lowest BCUT2D eigenvalue weighted by Gasteiger charge is -2.28. The number of thiocarbonyl (C=S) groups is 1. The van der Waals surface area contributed by atoms with E-state index in [-0.39, 0.29) is 12.1 Å². The van der Waals surface area contributed by atoms with Gasteiger partial charge in [-0.2, -0.15) is 0 Å². The number of nitrogens with one attached hydrogen (secondary N) is 1. The summed E-state index contributed by atoms with van der Waals surface area (Å²) >= 11 is 5.94. The van der Waals surface area contributed by atoms with Gasteiger partial charge in [-0.1, -0.05) is 54.6 Å². The summed E-state index contributed by atoms with van der Waals surface area (Å²) in [5, 5.41) is 6.79. The second kappa shape index (κ2) is 8.92. The predicted molar refractivity (Wildman–Crippen MR) is 152 cm³/mol. The lowest BCUT2D eigenvalue weighted by Crippen LogP contribution is -2.29. The number of aromatic nitrogens is 2. The first-order chi connectivity index (χ1) is 17.5. The van der Waals surface area contributed by atoms with Crippen molar-refractivity contribution in [2.75, 3.05) is 4.90 Å². The topological polar surface area (TPSA) is 33.1 Å². The van der Waals surface area contributed by atoms with E-state index in [1.807, 2.05) is 18.3 Å². The zero-order chi connectivity index (χ0) is 24.8. The van der Waals surface area contributed by atoms with E-state index in [1.165, 1.54) is 39.0 Å². The predicted octanol–water partition coefficient (Wildman–Crippen LogP) is 7.13. The summed E-state index contributed by atoms with van der Waals surface area (Å²) in [6.45, 7) is 6.52. The molecule has 2 atom stereocenters. The number of fused-ring (bicyclic) bond motifs is 1. The van der Waals surface area contributed by atoms with E-state index in [2.05, 4.69) is 114 Å². The van der Waals surface area contributed by atoms with Crippen molar-refractivity contribution in [3.63, 3.8) is 0 Å². The van der Waals surface area contributed by atoms with Crippen LogP contribution in [0.3, 0.4) is 0 Å². The third kappa shape index (κ3) is 3.67. The molecular weight excluding hydrogens is 460 g/mol. The van der Waals surface area contributed by atoms with Crippen molar-refractivity contribution >= 4 is 33.8 Å². The number of hydrogen-bond acceptors (Lipinski definition) is 2. The normalized spacial score (nSPS) is 17.5. The largest absolute Gasteiger partial charge is 0.351 e. The molecule has 3 aromatic carbocycles. The Morgan fingerprint density at radius 2 is 1.61 bits per heavy atom. The molecule has 0 spiro atoms. The van der Waals surface area contributed by atoms with E-state index < -0.39 is 0 Å². The highest BCUT2D eigenvalue weighted by Crippen LogP contribution is 2.44. The van der Waals surface area contributed by atoms with Gasteiger partial charge in [0.2, 0.25) is 0 Å². The molecule has 0 unspecified atom stereocenters. The van der Waals surface area contributed by atoms with E-state index in [0.717, 1.165) is 16.5 Å². The van der Waals surface area contributed by atoms with Gasteiger partial charge < -0.3 is 14.8 Å². The number of pyridine rings is 1. The molecule has 178 valence electrons. The Bertz CT molecular complexity index is 1580. The van der Waals surface area contributed by atoms with Gasteiger partial charge in [-0.05, 0) is 85.9 Å². The quantitative estimate of drug-likeness (QED) is 0.273. The Balaban J connectivity index is 1.56. The van der Waals surface area contributed by atoms with Gasteiger partial charge in [0.1, 0.15) is 0 Å². The van der Waals surface area contributed by atoms with Gasteiger partial charge in [0.05, 0.1) is 23.5 Å². The van der Waals surface area contributed by atoms with Crippen LogP contribution in [0.15, 0.2) is 97.2 Å². The van der Waals surface area contributed by atoms with E-state index in [0.29, 0.717) is 0 Å². The van der Waals surface area contributed by atoms with Gasteiger partial charge in [0.15, 0.2) is 5.11 Å². The fourth-order valence-electron chi connectivity index (χ4n) is 5.59. The highest BCUT2D eigenvalue weighted by atomic mass is 32.1. The van der Waals surface area contributed by atoms with Crippen LogP contribution in [-0.4, -0.2) is 14.7 Å². The minimum atomic E-state index is -0.0688. The zero-order valence-corrected chi connectivity index (χ0v) is 21.5. The van der Waals surface area contributed by atoms with Crippen LogP contribution in [0, 0.1) is 20.8 Å². The van der Waals surface area contributed by atoms with Crippen molar-refractivity contribution in [3.8, 4) is 5.69 Å². The Morgan fingerprint density at radius 3 is 2.42 bits per heavy atom. The molecule has 1 aliphatic heterocycles. The highest BCUT2D eigenvalue weighted by Gasteiger charge is 2.42. The average molecular weight is 489 g/mol. The van der Waals surface area contributed by atoms with Crippen molar-refractivity contribution in [1.82, 2.24) is 14.9 Å². The summed E-state index contributed by atoms with van der Waals surface area (Å²) in [6, 6.07) is 31.9. The number of anilines is 1. The lowest BCUT2D eigenvalue weighted by atomic mass is 9.96. The molecule has 4 nitrogen and oxygen atoms in total. The summed E-state index contributed by atoms with van der Waals surface area (Å²) < 4.78 is 2.38. The van der Waals surface area contributed by atoms with E-state index in [4.69, 9.17) is 17.2 Å². The number of hydrogen-bond donors (Lipinski definition) is 1. The van der Waals surface area contributed by atoms with E-state index in [1.54, 1.807) is 0 Å².